The fraction of sp³-hybridized carbons (Fsp3) is 0.692. The number of anilines is 1. The second kappa shape index (κ2) is 11.2. The molecule has 1 aliphatic heterocycles. The van der Waals surface area contributed by atoms with Gasteiger partial charge in [-0.15, -0.1) is 4.52 Å². The fourth-order valence-corrected chi connectivity index (χ4v) is 4.29. The standard InChI is InChI=1S/C13H20N4O10P3/c1-3-4-6(14)8-9(15-2)12(20)17(16-8)13-11(19)10(18)7(25-13)5-24-29(22)27-30(23)26-28-21/h7,10-11,13,18-19H,3-5H2,1-2H3,(H2-,14,15,16,20)/q+1/p+1. The molecule has 2 heterocycles. The number of nitrogens with zero attached hydrogens (tertiary/aromatic N) is 1. The highest BCUT2D eigenvalue weighted by Crippen LogP contribution is 2.42. The zero-order chi connectivity index (χ0) is 22.4. The summed E-state index contributed by atoms with van der Waals surface area (Å²) in [6.45, 7) is 1.33. The third-order valence-electron chi connectivity index (χ3n) is 4.14. The first-order valence-electron chi connectivity index (χ1n) is 8.62. The van der Waals surface area contributed by atoms with Crippen molar-refractivity contribution in [1.82, 2.24) is 9.78 Å². The number of ether oxygens (including phenoxy) is 1. The zero-order valence-corrected chi connectivity index (χ0v) is 18.6. The SMILES string of the molecule is CCCC(=N)c1[nH]n(C2OC(CO[P+](=O)O[P+](=O)OP=O)C(O)C2O)c(=O)c1NC. The van der Waals surface area contributed by atoms with Gasteiger partial charge in [-0.2, -0.15) is 0 Å². The lowest BCUT2D eigenvalue weighted by atomic mass is 10.1. The Bertz CT molecular complexity index is 874. The van der Waals surface area contributed by atoms with E-state index >= 15 is 0 Å². The molecular weight excluding hydrogens is 465 g/mol. The molecule has 1 aliphatic rings. The fourth-order valence-electron chi connectivity index (χ4n) is 2.79. The molecule has 0 aliphatic carbocycles. The summed E-state index contributed by atoms with van der Waals surface area (Å²) >= 11 is 0. The van der Waals surface area contributed by atoms with Crippen LogP contribution in [-0.2, 0) is 31.6 Å². The van der Waals surface area contributed by atoms with E-state index in [-0.39, 0.29) is 17.1 Å². The molecule has 0 amide bonds. The van der Waals surface area contributed by atoms with Crippen molar-refractivity contribution in [3.63, 3.8) is 0 Å². The summed E-state index contributed by atoms with van der Waals surface area (Å²) in [6, 6.07) is 0. The normalized spacial score (nSPS) is 24.8. The van der Waals surface area contributed by atoms with Gasteiger partial charge in [-0.3, -0.25) is 9.89 Å². The van der Waals surface area contributed by atoms with Crippen LogP contribution in [0.2, 0.25) is 0 Å². The Kier molecular flexibility index (Phi) is 9.30. The van der Waals surface area contributed by atoms with Crippen LogP contribution in [0.5, 0.6) is 0 Å². The van der Waals surface area contributed by atoms with E-state index in [0.717, 1.165) is 4.68 Å². The van der Waals surface area contributed by atoms with Crippen LogP contribution in [-0.4, -0.2) is 57.7 Å². The summed E-state index contributed by atoms with van der Waals surface area (Å²) in [7, 11) is -5.33. The van der Waals surface area contributed by atoms with Crippen molar-refractivity contribution in [3.05, 3.63) is 16.0 Å². The van der Waals surface area contributed by atoms with Crippen LogP contribution >= 0.6 is 25.2 Å². The number of rotatable bonds is 12. The molecule has 0 spiro atoms. The van der Waals surface area contributed by atoms with E-state index < -0.39 is 61.9 Å². The lowest BCUT2D eigenvalue weighted by Crippen LogP contribution is -2.35. The van der Waals surface area contributed by atoms with E-state index in [4.69, 9.17) is 14.7 Å². The summed E-state index contributed by atoms with van der Waals surface area (Å²) in [6.07, 6.45) is -4.53. The molecule has 0 radical (unpaired) electrons. The minimum atomic E-state index is -2.96. The van der Waals surface area contributed by atoms with E-state index in [2.05, 4.69) is 19.0 Å². The summed E-state index contributed by atoms with van der Waals surface area (Å²) < 4.78 is 52.2. The van der Waals surface area contributed by atoms with Gasteiger partial charge in [-0.05, 0) is 10.7 Å². The lowest BCUT2D eigenvalue weighted by Gasteiger charge is -2.15. The summed E-state index contributed by atoms with van der Waals surface area (Å²) in [5.74, 6) is 0. The number of hydrogen-bond acceptors (Lipinski definition) is 12. The van der Waals surface area contributed by atoms with Crippen molar-refractivity contribution in [1.29, 1.82) is 5.41 Å². The molecule has 1 aromatic heterocycles. The van der Waals surface area contributed by atoms with Gasteiger partial charge in [0.15, 0.2) is 10.5 Å². The molecule has 1 saturated heterocycles. The Morgan fingerprint density at radius 2 is 2.07 bits per heavy atom. The van der Waals surface area contributed by atoms with E-state index in [0.29, 0.717) is 12.8 Å². The minimum Gasteiger partial charge on any atom is -0.387 e. The van der Waals surface area contributed by atoms with Gasteiger partial charge in [0, 0.05) is 16.2 Å². The lowest BCUT2D eigenvalue weighted by molar-refractivity contribution is -0.0570. The minimum absolute atomic E-state index is 0.108. The highest BCUT2D eigenvalue weighted by molar-refractivity contribution is 7.50. The highest BCUT2D eigenvalue weighted by atomic mass is 31.2. The van der Waals surface area contributed by atoms with Crippen LogP contribution in [0, 0.1) is 5.41 Å². The molecule has 0 saturated carbocycles. The van der Waals surface area contributed by atoms with E-state index in [1.54, 1.807) is 0 Å². The van der Waals surface area contributed by atoms with Crippen LogP contribution in [0.15, 0.2) is 4.79 Å². The number of aliphatic hydroxyl groups is 2. The molecule has 0 bridgehead atoms. The quantitative estimate of drug-likeness (QED) is 0.212. The van der Waals surface area contributed by atoms with E-state index in [1.807, 2.05) is 6.92 Å². The van der Waals surface area contributed by atoms with Gasteiger partial charge < -0.3 is 25.7 Å². The van der Waals surface area contributed by atoms with Crippen molar-refractivity contribution >= 4 is 36.6 Å². The average molecular weight is 486 g/mol. The highest BCUT2D eigenvalue weighted by Gasteiger charge is 2.48. The molecule has 0 aromatic carbocycles. The van der Waals surface area contributed by atoms with Gasteiger partial charge >= 0.3 is 25.2 Å². The van der Waals surface area contributed by atoms with Crippen LogP contribution in [0.3, 0.4) is 0 Å². The first-order chi connectivity index (χ1) is 14.2. The molecule has 166 valence electrons. The molecule has 6 unspecified atom stereocenters. The zero-order valence-electron chi connectivity index (χ0n) is 15.9. The predicted molar refractivity (Wildman–Crippen MR) is 103 cm³/mol. The first kappa shape index (κ1) is 24.8. The van der Waals surface area contributed by atoms with Crippen LogP contribution in [0.25, 0.3) is 0 Å². The van der Waals surface area contributed by atoms with Gasteiger partial charge in [-0.25, -0.2) is 9.25 Å². The monoisotopic (exact) mass is 486 g/mol. The van der Waals surface area contributed by atoms with Gasteiger partial charge in [0.2, 0.25) is 0 Å². The third-order valence-corrected chi connectivity index (χ3v) is 6.36. The molecule has 6 atom stereocenters. The molecule has 1 aromatic rings. The van der Waals surface area contributed by atoms with Gasteiger partial charge in [0.25, 0.3) is 5.56 Å². The Labute approximate surface area is 173 Å². The number of nitrogens with one attached hydrogen (secondary N) is 3. The van der Waals surface area contributed by atoms with Crippen molar-refractivity contribution in [2.45, 2.75) is 44.3 Å². The maximum absolute atomic E-state index is 12.7. The number of aromatic nitrogens is 2. The second-order valence-corrected chi connectivity index (χ2v) is 8.65. The first-order valence-corrected chi connectivity index (χ1v) is 11.5. The van der Waals surface area contributed by atoms with Gasteiger partial charge in [-0.1, -0.05) is 13.3 Å². The maximum Gasteiger partial charge on any atom is 0.759 e. The summed E-state index contributed by atoms with van der Waals surface area (Å²) in [4.78, 5) is 12.7. The largest absolute Gasteiger partial charge is 0.759 e. The van der Waals surface area contributed by atoms with Gasteiger partial charge in [0.1, 0.15) is 36.3 Å². The van der Waals surface area contributed by atoms with Crippen molar-refractivity contribution < 1.29 is 41.8 Å². The third kappa shape index (κ3) is 5.61. The maximum atomic E-state index is 12.7. The molecular formula is C13H21N4O10P3+2. The van der Waals surface area contributed by atoms with Crippen molar-refractivity contribution in [3.8, 4) is 0 Å². The molecule has 5 N–H and O–H groups in total. The Morgan fingerprint density at radius 1 is 1.37 bits per heavy atom. The Balaban J connectivity index is 2.12. The van der Waals surface area contributed by atoms with Crippen LogP contribution in [0.4, 0.5) is 5.69 Å². The Hall–Kier alpha value is -1.46. The molecule has 1 fully saturated rings. The number of H-pyrrole nitrogens is 1. The number of aromatic amines is 1. The molecule has 17 heteroatoms. The second-order valence-electron chi connectivity index (χ2n) is 6.04. The van der Waals surface area contributed by atoms with Crippen molar-refractivity contribution in [2.24, 2.45) is 0 Å². The molecule has 30 heavy (non-hydrogen) atoms. The van der Waals surface area contributed by atoms with Crippen LogP contribution < -0.4 is 10.9 Å². The topological polar surface area (TPSA) is 202 Å². The predicted octanol–water partition coefficient (Wildman–Crippen LogP) is 1.58. The van der Waals surface area contributed by atoms with E-state index in [9.17, 15) is 28.7 Å². The summed E-state index contributed by atoms with van der Waals surface area (Å²) in [5.41, 5.74) is -0.0938. The number of hydrogen-bond donors (Lipinski definition) is 5. The summed E-state index contributed by atoms with van der Waals surface area (Å²) in [5, 5.41) is 34.0. The van der Waals surface area contributed by atoms with Gasteiger partial charge in [0.05, 0.1) is 5.71 Å². The molecule has 14 nitrogen and oxygen atoms in total. The smallest absolute Gasteiger partial charge is 0.387 e. The average Bonchev–Trinajstić information content (AvgIpc) is 3.17. The Morgan fingerprint density at radius 3 is 2.67 bits per heavy atom. The molecule has 2 rings (SSSR count). The van der Waals surface area contributed by atoms with E-state index in [1.165, 1.54) is 7.05 Å². The number of aliphatic hydroxyl groups excluding tert-OH is 2. The van der Waals surface area contributed by atoms with Crippen molar-refractivity contribution in [2.75, 3.05) is 19.0 Å². The van der Waals surface area contributed by atoms with Crippen LogP contribution in [0.1, 0.15) is 31.7 Å².